The maximum atomic E-state index is 12.7. The molecule has 0 spiro atoms. The molecule has 1 N–H and O–H groups in total. The lowest BCUT2D eigenvalue weighted by Gasteiger charge is -2.33. The molecule has 0 aromatic carbocycles. The fourth-order valence-corrected chi connectivity index (χ4v) is 3.42. The van der Waals surface area contributed by atoms with Gasteiger partial charge in [0.05, 0.1) is 16.3 Å². The topological polar surface area (TPSA) is 63.1 Å². The standard InChI is InChI=1S/C17H19ClF3N5O/c1-10-7-14(25(2)24-10)16(27)23-12-3-5-26(6-4-12)15-13(18)8-11(9-22-15)17(19,20)21/h7-9,12H,3-6H2,1-2H3,(H,23,27). The van der Waals surface area contributed by atoms with Crippen LogP contribution < -0.4 is 10.2 Å². The molecular weight excluding hydrogens is 383 g/mol. The molecule has 1 saturated heterocycles. The number of nitrogens with one attached hydrogen (secondary N) is 1. The van der Waals surface area contributed by atoms with E-state index in [1.54, 1.807) is 13.1 Å². The van der Waals surface area contributed by atoms with Crippen molar-refractivity contribution in [1.29, 1.82) is 0 Å². The number of rotatable bonds is 3. The number of hydrogen-bond acceptors (Lipinski definition) is 4. The second-order valence-corrected chi connectivity index (χ2v) is 6.96. The lowest BCUT2D eigenvalue weighted by molar-refractivity contribution is -0.137. The number of carbonyl (C=O) groups excluding carboxylic acids is 1. The average Bonchev–Trinajstić information content (AvgIpc) is 2.93. The van der Waals surface area contributed by atoms with Crippen LogP contribution in [-0.4, -0.2) is 39.8 Å². The molecule has 1 fully saturated rings. The highest BCUT2D eigenvalue weighted by molar-refractivity contribution is 6.33. The van der Waals surface area contributed by atoms with E-state index in [4.69, 9.17) is 11.6 Å². The number of pyridine rings is 1. The van der Waals surface area contributed by atoms with Crippen LogP contribution in [0.25, 0.3) is 0 Å². The smallest absolute Gasteiger partial charge is 0.355 e. The first-order chi connectivity index (χ1) is 12.6. The minimum absolute atomic E-state index is 0.0299. The summed E-state index contributed by atoms with van der Waals surface area (Å²) in [6, 6.07) is 2.58. The number of carbonyl (C=O) groups is 1. The van der Waals surface area contributed by atoms with Gasteiger partial charge in [-0.15, -0.1) is 0 Å². The van der Waals surface area contributed by atoms with Crippen LogP contribution in [0, 0.1) is 6.92 Å². The molecule has 1 aliphatic rings. The fraction of sp³-hybridized carbons (Fsp3) is 0.471. The Morgan fingerprint density at radius 3 is 2.48 bits per heavy atom. The first-order valence-electron chi connectivity index (χ1n) is 8.44. The van der Waals surface area contributed by atoms with E-state index in [1.165, 1.54) is 4.68 Å². The monoisotopic (exact) mass is 401 g/mol. The van der Waals surface area contributed by atoms with Gasteiger partial charge in [0.15, 0.2) is 0 Å². The van der Waals surface area contributed by atoms with Gasteiger partial charge in [-0.1, -0.05) is 11.6 Å². The van der Waals surface area contributed by atoms with Gasteiger partial charge in [0.1, 0.15) is 11.5 Å². The second-order valence-electron chi connectivity index (χ2n) is 6.56. The van der Waals surface area contributed by atoms with Gasteiger partial charge in [-0.25, -0.2) is 4.98 Å². The fourth-order valence-electron chi connectivity index (χ4n) is 3.14. The summed E-state index contributed by atoms with van der Waals surface area (Å²) in [5, 5.41) is 7.10. The first kappa shape index (κ1) is 19.5. The molecule has 6 nitrogen and oxygen atoms in total. The van der Waals surface area contributed by atoms with Crippen LogP contribution in [0.2, 0.25) is 5.02 Å². The van der Waals surface area contributed by atoms with Crippen molar-refractivity contribution in [1.82, 2.24) is 20.1 Å². The van der Waals surface area contributed by atoms with Crippen LogP contribution in [0.1, 0.15) is 34.6 Å². The molecular formula is C17H19ClF3N5O. The lowest BCUT2D eigenvalue weighted by Crippen LogP contribution is -2.45. The Labute approximate surface area is 159 Å². The van der Waals surface area contributed by atoms with E-state index in [9.17, 15) is 18.0 Å². The zero-order valence-corrected chi connectivity index (χ0v) is 15.6. The van der Waals surface area contributed by atoms with Crippen molar-refractivity contribution in [3.8, 4) is 0 Å². The SMILES string of the molecule is Cc1cc(C(=O)NC2CCN(c3ncc(C(F)(F)F)cc3Cl)CC2)n(C)n1. The molecule has 0 unspecified atom stereocenters. The molecule has 1 amide bonds. The molecule has 0 bridgehead atoms. The van der Waals surface area contributed by atoms with Gasteiger partial charge < -0.3 is 10.2 Å². The van der Waals surface area contributed by atoms with Crippen molar-refractivity contribution in [2.24, 2.45) is 7.05 Å². The van der Waals surface area contributed by atoms with Crippen LogP contribution in [-0.2, 0) is 13.2 Å². The summed E-state index contributed by atoms with van der Waals surface area (Å²) in [7, 11) is 1.71. The Balaban J connectivity index is 1.60. The third-order valence-electron chi connectivity index (χ3n) is 4.51. The van der Waals surface area contributed by atoms with Crippen molar-refractivity contribution in [2.45, 2.75) is 32.0 Å². The first-order valence-corrected chi connectivity index (χ1v) is 8.82. The normalized spacial score (nSPS) is 15.9. The molecule has 0 radical (unpaired) electrons. The summed E-state index contributed by atoms with van der Waals surface area (Å²) in [5.74, 6) is 0.138. The van der Waals surface area contributed by atoms with Crippen LogP contribution in [0.4, 0.5) is 19.0 Å². The van der Waals surface area contributed by atoms with Crippen LogP contribution >= 0.6 is 11.6 Å². The van der Waals surface area contributed by atoms with Crippen molar-refractivity contribution in [2.75, 3.05) is 18.0 Å². The molecule has 10 heteroatoms. The molecule has 1 aliphatic heterocycles. The average molecular weight is 402 g/mol. The van der Waals surface area contributed by atoms with E-state index in [-0.39, 0.29) is 17.0 Å². The number of aryl methyl sites for hydroxylation is 2. The summed E-state index contributed by atoms with van der Waals surface area (Å²) < 4.78 is 39.7. The zero-order chi connectivity index (χ0) is 19.8. The Morgan fingerprint density at radius 2 is 1.96 bits per heavy atom. The molecule has 2 aromatic rings. The quantitative estimate of drug-likeness (QED) is 0.858. The van der Waals surface area contributed by atoms with Crippen molar-refractivity contribution in [3.05, 3.63) is 40.3 Å². The van der Waals surface area contributed by atoms with Gasteiger partial charge in [0.2, 0.25) is 0 Å². The van der Waals surface area contributed by atoms with Gasteiger partial charge >= 0.3 is 6.18 Å². The van der Waals surface area contributed by atoms with E-state index in [0.29, 0.717) is 37.4 Å². The lowest BCUT2D eigenvalue weighted by atomic mass is 10.0. The van der Waals surface area contributed by atoms with Gasteiger partial charge in [0, 0.05) is 32.4 Å². The van der Waals surface area contributed by atoms with Crippen molar-refractivity contribution in [3.63, 3.8) is 0 Å². The summed E-state index contributed by atoms with van der Waals surface area (Å²) >= 11 is 6.01. The van der Waals surface area contributed by atoms with Gasteiger partial charge in [-0.2, -0.15) is 18.3 Å². The predicted molar refractivity (Wildman–Crippen MR) is 94.9 cm³/mol. The number of amides is 1. The Morgan fingerprint density at radius 1 is 1.30 bits per heavy atom. The number of halogens is 4. The third kappa shape index (κ3) is 4.35. The maximum absolute atomic E-state index is 12.7. The largest absolute Gasteiger partial charge is 0.417 e. The summed E-state index contributed by atoms with van der Waals surface area (Å²) in [6.45, 7) is 2.89. The highest BCUT2D eigenvalue weighted by Gasteiger charge is 2.32. The molecule has 0 saturated carbocycles. The van der Waals surface area contributed by atoms with Crippen LogP contribution in [0.15, 0.2) is 18.3 Å². The number of nitrogens with zero attached hydrogens (tertiary/aromatic N) is 4. The van der Waals surface area contributed by atoms with E-state index in [1.807, 2.05) is 11.8 Å². The molecule has 146 valence electrons. The van der Waals surface area contributed by atoms with E-state index >= 15 is 0 Å². The maximum Gasteiger partial charge on any atom is 0.417 e. The Hall–Kier alpha value is -2.29. The molecule has 0 atom stereocenters. The Kier molecular flexibility index (Phi) is 5.32. The highest BCUT2D eigenvalue weighted by atomic mass is 35.5. The second kappa shape index (κ2) is 7.38. The van der Waals surface area contributed by atoms with E-state index in [2.05, 4.69) is 15.4 Å². The Bertz CT molecular complexity index is 844. The summed E-state index contributed by atoms with van der Waals surface area (Å²) in [5.41, 5.74) is 0.382. The van der Waals surface area contributed by atoms with Crippen molar-refractivity contribution >= 4 is 23.3 Å². The minimum Gasteiger partial charge on any atom is -0.355 e. The highest BCUT2D eigenvalue weighted by Crippen LogP contribution is 2.34. The predicted octanol–water partition coefficient (Wildman–Crippen LogP) is 3.19. The van der Waals surface area contributed by atoms with Gasteiger partial charge in [-0.05, 0) is 31.9 Å². The zero-order valence-electron chi connectivity index (χ0n) is 14.8. The summed E-state index contributed by atoms with van der Waals surface area (Å²) in [6.07, 6.45) is -2.40. The number of hydrogen-bond donors (Lipinski definition) is 1. The molecule has 3 rings (SSSR count). The molecule has 27 heavy (non-hydrogen) atoms. The van der Waals surface area contributed by atoms with Crippen LogP contribution in [0.3, 0.4) is 0 Å². The minimum atomic E-state index is -4.48. The molecule has 2 aromatic heterocycles. The third-order valence-corrected chi connectivity index (χ3v) is 4.79. The van der Waals surface area contributed by atoms with E-state index in [0.717, 1.165) is 18.0 Å². The number of piperidine rings is 1. The van der Waals surface area contributed by atoms with Crippen LogP contribution in [0.5, 0.6) is 0 Å². The van der Waals surface area contributed by atoms with E-state index < -0.39 is 11.7 Å². The number of alkyl halides is 3. The number of anilines is 1. The van der Waals surface area contributed by atoms with Crippen molar-refractivity contribution < 1.29 is 18.0 Å². The summed E-state index contributed by atoms with van der Waals surface area (Å²) in [4.78, 5) is 18.1. The van der Waals surface area contributed by atoms with Gasteiger partial charge in [0.25, 0.3) is 5.91 Å². The molecule has 3 heterocycles. The number of aromatic nitrogens is 3. The molecule has 0 aliphatic carbocycles. The van der Waals surface area contributed by atoms with Gasteiger partial charge in [-0.3, -0.25) is 9.48 Å².